The smallest absolute Gasteiger partial charge is 0.340 e. The van der Waals surface area contributed by atoms with Crippen molar-refractivity contribution < 1.29 is 24.5 Å². The van der Waals surface area contributed by atoms with E-state index in [1.165, 1.54) is 28.4 Å². The first-order valence-electron chi connectivity index (χ1n) is 8.05. The van der Waals surface area contributed by atoms with Crippen LogP contribution in [-0.2, 0) is 10.3 Å². The molecule has 2 heterocycles. The minimum absolute atomic E-state index is 0.0204. The van der Waals surface area contributed by atoms with Gasteiger partial charge < -0.3 is 19.7 Å². The molecule has 3 aromatic carbocycles. The van der Waals surface area contributed by atoms with E-state index in [1.54, 1.807) is 24.3 Å². The van der Waals surface area contributed by atoms with Crippen LogP contribution in [-0.4, -0.2) is 16.2 Å². The Hall–Kier alpha value is -2.64. The number of hydrogen-bond acceptors (Lipinski definition) is 6. The minimum atomic E-state index is -1.23. The van der Waals surface area contributed by atoms with Gasteiger partial charge in [0.1, 0.15) is 23.0 Å². The molecule has 0 aromatic heterocycles. The van der Waals surface area contributed by atoms with Gasteiger partial charge in [-0.2, -0.15) is 0 Å². The first-order valence-corrected chi connectivity index (χ1v) is 10.7. The minimum Gasteiger partial charge on any atom is -0.508 e. The summed E-state index contributed by atoms with van der Waals surface area (Å²) in [6.07, 6.45) is 0. The fourth-order valence-electron chi connectivity index (χ4n) is 3.81. The lowest BCUT2D eigenvalue weighted by Gasteiger charge is -2.37. The Labute approximate surface area is 165 Å². The number of phenolic OH excluding ortho intramolecular Hbond substituents is 2. The molecule has 0 radical (unpaired) electrons. The maximum absolute atomic E-state index is 12.7. The van der Waals surface area contributed by atoms with E-state index in [2.05, 4.69) is 14.8 Å². The lowest BCUT2D eigenvalue weighted by molar-refractivity contribution is 0.0215. The molecule has 5 nitrogen and oxygen atoms in total. The summed E-state index contributed by atoms with van der Waals surface area (Å²) in [4.78, 5) is 13.4. The second-order valence-corrected chi connectivity index (χ2v) is 7.86. The van der Waals surface area contributed by atoms with Gasteiger partial charge in [0.15, 0.2) is 5.60 Å². The van der Waals surface area contributed by atoms with E-state index >= 15 is 0 Å². The largest absolute Gasteiger partial charge is 0.508 e. The van der Waals surface area contributed by atoms with Crippen LogP contribution in [0.5, 0.6) is 23.0 Å². The molecule has 0 saturated heterocycles. The molecule has 0 fully saturated rings. The molecular weight excluding hydrogens is 432 g/mol. The van der Waals surface area contributed by atoms with Gasteiger partial charge in [-0.05, 0) is 49.3 Å². The average molecular weight is 443 g/mol. The fourth-order valence-corrected chi connectivity index (χ4v) is 5.06. The summed E-state index contributed by atoms with van der Waals surface area (Å²) in [5.41, 5.74) is 1.18. The Bertz CT molecular complexity index is 1130. The summed E-state index contributed by atoms with van der Waals surface area (Å²) < 4.78 is 12.0. The molecule has 3 aromatic rings. The van der Waals surface area contributed by atoms with Crippen molar-refractivity contribution in [2.75, 3.05) is 0 Å². The number of carbonyl (C=O) groups excluding carboxylic acids is 1. The number of fused-ring (bicyclic) bond motifs is 6. The number of hydrogen-bond donors (Lipinski definition) is 2. The van der Waals surface area contributed by atoms with Crippen LogP contribution >= 0.6 is 25.0 Å². The number of ether oxygens (including phenoxy) is 2. The second-order valence-electron chi connectivity index (χ2n) is 6.29. The highest BCUT2D eigenvalue weighted by molar-refractivity contribution is 9.50. The van der Waals surface area contributed by atoms with E-state index in [0.29, 0.717) is 38.6 Å². The molecule has 134 valence electrons. The molecule has 5 rings (SSSR count). The summed E-state index contributed by atoms with van der Waals surface area (Å²) in [5, 5.41) is 20.0. The molecular formula is C20H11BrO5S. The first kappa shape index (κ1) is 16.5. The zero-order chi connectivity index (χ0) is 18.8. The zero-order valence-electron chi connectivity index (χ0n) is 13.6. The number of benzene rings is 3. The average Bonchev–Trinajstić information content (AvgIpc) is 2.94. The topological polar surface area (TPSA) is 76.0 Å². The van der Waals surface area contributed by atoms with Crippen LogP contribution in [0, 0.1) is 0 Å². The van der Waals surface area contributed by atoms with Crippen molar-refractivity contribution in [2.45, 2.75) is 10.5 Å². The highest BCUT2D eigenvalue weighted by Crippen LogP contribution is 2.59. The Morgan fingerprint density at radius 3 is 2.52 bits per heavy atom. The molecule has 2 aliphatic rings. The molecule has 27 heavy (non-hydrogen) atoms. The van der Waals surface area contributed by atoms with Crippen molar-refractivity contribution in [1.29, 1.82) is 0 Å². The number of carbonyl (C=O) groups is 1. The molecule has 2 N–H and O–H groups in total. The second kappa shape index (κ2) is 5.68. The molecule has 0 aliphatic carbocycles. The lowest BCUT2D eigenvalue weighted by atomic mass is 9.77. The summed E-state index contributed by atoms with van der Waals surface area (Å²) in [7, 11) is 1.24. The summed E-state index contributed by atoms with van der Waals surface area (Å²) in [6.45, 7) is 0. The van der Waals surface area contributed by atoms with Crippen molar-refractivity contribution in [3.05, 3.63) is 76.9 Å². The third kappa shape index (κ3) is 2.15. The third-order valence-electron chi connectivity index (χ3n) is 4.82. The maximum atomic E-state index is 12.7. The molecule has 1 atom stereocenters. The van der Waals surface area contributed by atoms with E-state index < -0.39 is 11.6 Å². The van der Waals surface area contributed by atoms with Gasteiger partial charge >= 0.3 is 5.97 Å². The van der Waals surface area contributed by atoms with E-state index in [4.69, 9.17) is 9.47 Å². The molecule has 1 unspecified atom stereocenters. The van der Waals surface area contributed by atoms with Crippen LogP contribution in [0.4, 0.5) is 0 Å². The number of phenols is 2. The van der Waals surface area contributed by atoms with Crippen LogP contribution in [0.1, 0.15) is 27.0 Å². The van der Waals surface area contributed by atoms with Crippen LogP contribution in [0.25, 0.3) is 0 Å². The van der Waals surface area contributed by atoms with Gasteiger partial charge in [-0.15, -0.1) is 0 Å². The molecule has 0 amide bonds. The monoisotopic (exact) mass is 442 g/mol. The lowest BCUT2D eigenvalue weighted by Crippen LogP contribution is -2.33. The maximum Gasteiger partial charge on any atom is 0.340 e. The Balaban J connectivity index is 1.94. The van der Waals surface area contributed by atoms with Gasteiger partial charge in [-0.3, -0.25) is 0 Å². The number of halogens is 1. The van der Waals surface area contributed by atoms with E-state index in [1.807, 2.05) is 12.1 Å². The quantitative estimate of drug-likeness (QED) is 0.512. The predicted molar refractivity (Wildman–Crippen MR) is 103 cm³/mol. The van der Waals surface area contributed by atoms with Crippen molar-refractivity contribution in [1.82, 2.24) is 0 Å². The molecule has 7 heteroatoms. The highest BCUT2D eigenvalue weighted by Gasteiger charge is 2.54. The number of aromatic hydroxyl groups is 2. The van der Waals surface area contributed by atoms with Gasteiger partial charge in [-0.1, -0.05) is 18.2 Å². The summed E-state index contributed by atoms with van der Waals surface area (Å²) >= 11 is 3.38. The van der Waals surface area contributed by atoms with Crippen LogP contribution in [0.3, 0.4) is 0 Å². The van der Waals surface area contributed by atoms with Gasteiger partial charge in [0.25, 0.3) is 0 Å². The summed E-state index contributed by atoms with van der Waals surface area (Å²) in [5.74, 6) is 0.339. The third-order valence-corrected chi connectivity index (χ3v) is 6.36. The van der Waals surface area contributed by atoms with Crippen molar-refractivity contribution >= 4 is 31.0 Å². The van der Waals surface area contributed by atoms with Crippen molar-refractivity contribution in [3.63, 3.8) is 0 Å². The van der Waals surface area contributed by atoms with Gasteiger partial charge in [0.05, 0.1) is 11.1 Å². The Morgan fingerprint density at radius 2 is 1.70 bits per heavy atom. The van der Waals surface area contributed by atoms with Crippen molar-refractivity contribution in [2.24, 2.45) is 0 Å². The van der Waals surface area contributed by atoms with E-state index in [0.717, 1.165) is 0 Å². The normalized spacial score (nSPS) is 19.1. The van der Waals surface area contributed by atoms with Crippen LogP contribution in [0.15, 0.2) is 59.5 Å². The molecule has 0 bridgehead atoms. The summed E-state index contributed by atoms with van der Waals surface area (Å²) in [6, 6.07) is 15.0. The Morgan fingerprint density at radius 1 is 0.926 bits per heavy atom. The van der Waals surface area contributed by atoms with Crippen LogP contribution < -0.4 is 4.74 Å². The number of esters is 1. The van der Waals surface area contributed by atoms with E-state index in [-0.39, 0.29) is 11.5 Å². The standard InChI is InChI=1S/C20H11BrO5S/c21-27-17-9-11(23)8-16-18(17)20(14-6-5-10(22)7-15(14)25-16)13-4-2-1-3-12(13)19(24)26-20/h1-9,22-23H. The molecule has 1 spiro atoms. The first-order chi connectivity index (χ1) is 13.0. The predicted octanol–water partition coefficient (Wildman–Crippen LogP) is 5.07. The SMILES string of the molecule is O=C1OC2(c3ccc(O)cc3Oc3cc(O)cc(SBr)c32)c2ccccc21. The van der Waals surface area contributed by atoms with Crippen LogP contribution in [0.2, 0.25) is 0 Å². The number of rotatable bonds is 1. The fraction of sp³-hybridized carbons (Fsp3) is 0.0500. The van der Waals surface area contributed by atoms with Gasteiger partial charge in [0, 0.05) is 28.2 Å². The zero-order valence-corrected chi connectivity index (χ0v) is 16.0. The Kier molecular flexibility index (Phi) is 3.47. The van der Waals surface area contributed by atoms with Gasteiger partial charge in [-0.25, -0.2) is 4.79 Å². The molecule has 2 aliphatic heterocycles. The highest BCUT2D eigenvalue weighted by atomic mass is 79.9. The molecule has 0 saturated carbocycles. The van der Waals surface area contributed by atoms with Crippen molar-refractivity contribution in [3.8, 4) is 23.0 Å². The van der Waals surface area contributed by atoms with E-state index in [9.17, 15) is 15.0 Å². The van der Waals surface area contributed by atoms with Gasteiger partial charge in [0.2, 0.25) is 0 Å².